The average molecular weight is 375 g/mol. The molecule has 124 valence electrons. The highest BCUT2D eigenvalue weighted by atomic mass is 35.5. The molecular weight excluding hydrogens is 356 g/mol. The molecule has 24 heavy (non-hydrogen) atoms. The molecule has 0 amide bonds. The number of hydrogen-bond donors (Lipinski definition) is 0. The fraction of sp³-hybridized carbons (Fsp3) is 0.211. The number of hydrogen-bond acceptors (Lipinski definition) is 3. The van der Waals surface area contributed by atoms with Gasteiger partial charge in [0.05, 0.1) is 10.9 Å². The number of halogens is 1. The monoisotopic (exact) mass is 374 g/mol. The zero-order chi connectivity index (χ0) is 16.8. The molecule has 3 rings (SSSR count). The van der Waals surface area contributed by atoms with Crippen LogP contribution in [0.25, 0.3) is 0 Å². The second-order valence-electron chi connectivity index (χ2n) is 5.56. The Kier molecular flexibility index (Phi) is 6.30. The maximum atomic E-state index is 5.99. The number of rotatable bonds is 7. The summed E-state index contributed by atoms with van der Waals surface area (Å²) in [4.78, 5) is 5.39. The molecule has 1 atom stereocenters. The average Bonchev–Trinajstić information content (AvgIpc) is 3.09. The van der Waals surface area contributed by atoms with E-state index < -0.39 is 0 Å². The standard InChI is InChI=1S/C19H19ClN2S2/c1-15-2-4-16(5-3-15)13-23-19(12-22-11-10-21-14-22)24-18-8-6-17(20)7-9-18/h2-11,14,19H,12-13H2,1H3. The van der Waals surface area contributed by atoms with Crippen LogP contribution in [0.1, 0.15) is 11.1 Å². The second-order valence-corrected chi connectivity index (χ2v) is 8.76. The van der Waals surface area contributed by atoms with E-state index in [1.165, 1.54) is 16.0 Å². The molecule has 0 radical (unpaired) electrons. The quantitative estimate of drug-likeness (QED) is 0.379. The molecule has 0 spiro atoms. The van der Waals surface area contributed by atoms with Crippen molar-refractivity contribution in [3.05, 3.63) is 83.4 Å². The summed E-state index contributed by atoms with van der Waals surface area (Å²) in [6, 6.07) is 16.8. The van der Waals surface area contributed by atoms with Crippen LogP contribution in [0.15, 0.2) is 72.1 Å². The molecule has 0 fully saturated rings. The normalized spacial score (nSPS) is 12.2. The second kappa shape index (κ2) is 8.65. The molecule has 3 aromatic rings. The molecule has 2 nitrogen and oxygen atoms in total. The molecule has 0 N–H and O–H groups in total. The lowest BCUT2D eigenvalue weighted by atomic mass is 10.2. The van der Waals surface area contributed by atoms with Gasteiger partial charge in [0.15, 0.2) is 0 Å². The molecular formula is C19H19ClN2S2. The molecule has 2 aromatic carbocycles. The van der Waals surface area contributed by atoms with E-state index in [4.69, 9.17) is 11.6 Å². The van der Waals surface area contributed by atoms with Gasteiger partial charge in [-0.3, -0.25) is 0 Å². The molecule has 1 unspecified atom stereocenters. The molecule has 1 aromatic heterocycles. The van der Waals surface area contributed by atoms with E-state index in [9.17, 15) is 0 Å². The Hall–Kier alpha value is -1.36. The van der Waals surface area contributed by atoms with Crippen molar-refractivity contribution in [3.63, 3.8) is 0 Å². The van der Waals surface area contributed by atoms with Gasteiger partial charge in [-0.1, -0.05) is 41.4 Å². The van der Waals surface area contributed by atoms with Gasteiger partial charge in [0.25, 0.3) is 0 Å². The molecule has 0 aliphatic heterocycles. The van der Waals surface area contributed by atoms with Gasteiger partial charge in [0, 0.05) is 34.6 Å². The van der Waals surface area contributed by atoms with E-state index >= 15 is 0 Å². The molecule has 0 aliphatic carbocycles. The third kappa shape index (κ3) is 5.33. The highest BCUT2D eigenvalue weighted by Gasteiger charge is 2.12. The lowest BCUT2D eigenvalue weighted by molar-refractivity contribution is 0.750. The smallest absolute Gasteiger partial charge is 0.0946 e. The number of aryl methyl sites for hydroxylation is 1. The molecule has 5 heteroatoms. The zero-order valence-electron chi connectivity index (χ0n) is 13.4. The van der Waals surface area contributed by atoms with E-state index in [0.717, 1.165) is 17.3 Å². The number of imidazole rings is 1. The van der Waals surface area contributed by atoms with Crippen molar-refractivity contribution in [3.8, 4) is 0 Å². The highest BCUT2D eigenvalue weighted by Crippen LogP contribution is 2.34. The third-order valence-electron chi connectivity index (χ3n) is 3.56. The first-order chi connectivity index (χ1) is 11.7. The van der Waals surface area contributed by atoms with Crippen molar-refractivity contribution in [1.82, 2.24) is 9.55 Å². The molecule has 0 bridgehead atoms. The van der Waals surface area contributed by atoms with Crippen molar-refractivity contribution in [1.29, 1.82) is 0 Å². The van der Waals surface area contributed by atoms with Crippen LogP contribution in [0.4, 0.5) is 0 Å². The van der Waals surface area contributed by atoms with Gasteiger partial charge in [0.2, 0.25) is 0 Å². The van der Waals surface area contributed by atoms with Crippen molar-refractivity contribution < 1.29 is 0 Å². The Morgan fingerprint density at radius 3 is 2.50 bits per heavy atom. The van der Waals surface area contributed by atoms with Gasteiger partial charge in [0.1, 0.15) is 0 Å². The summed E-state index contributed by atoms with van der Waals surface area (Å²) in [5.41, 5.74) is 2.66. The van der Waals surface area contributed by atoms with Crippen LogP contribution in [0, 0.1) is 6.92 Å². The lowest BCUT2D eigenvalue weighted by Crippen LogP contribution is -2.08. The maximum Gasteiger partial charge on any atom is 0.0946 e. The Morgan fingerprint density at radius 1 is 1.08 bits per heavy atom. The fourth-order valence-electron chi connectivity index (χ4n) is 2.23. The summed E-state index contributed by atoms with van der Waals surface area (Å²) in [7, 11) is 0. The first-order valence-corrected chi connectivity index (χ1v) is 10.0. The van der Waals surface area contributed by atoms with Crippen LogP contribution in [-0.4, -0.2) is 14.1 Å². The molecule has 0 saturated heterocycles. The minimum Gasteiger partial charge on any atom is -0.336 e. The van der Waals surface area contributed by atoms with Gasteiger partial charge >= 0.3 is 0 Å². The van der Waals surface area contributed by atoms with Crippen LogP contribution < -0.4 is 0 Å². The predicted octanol–water partition coefficient (Wildman–Crippen LogP) is 5.90. The Bertz CT molecular complexity index is 740. The van der Waals surface area contributed by atoms with E-state index in [2.05, 4.69) is 52.9 Å². The first kappa shape index (κ1) is 17.5. The summed E-state index contributed by atoms with van der Waals surface area (Å²) in [6.07, 6.45) is 5.72. The van der Waals surface area contributed by atoms with Crippen LogP contribution in [0.3, 0.4) is 0 Å². The predicted molar refractivity (Wildman–Crippen MR) is 106 cm³/mol. The van der Waals surface area contributed by atoms with Gasteiger partial charge in [-0.15, -0.1) is 23.5 Å². The number of thioether (sulfide) groups is 2. The summed E-state index contributed by atoms with van der Waals surface area (Å²) in [5.74, 6) is 1.00. The number of benzene rings is 2. The summed E-state index contributed by atoms with van der Waals surface area (Å²) in [6.45, 7) is 3.04. The first-order valence-electron chi connectivity index (χ1n) is 7.74. The summed E-state index contributed by atoms with van der Waals surface area (Å²) < 4.78 is 2.54. The van der Waals surface area contributed by atoms with E-state index in [0.29, 0.717) is 4.58 Å². The van der Waals surface area contributed by atoms with E-state index in [1.807, 2.05) is 54.4 Å². The van der Waals surface area contributed by atoms with Crippen molar-refractivity contribution in [2.75, 3.05) is 0 Å². The van der Waals surface area contributed by atoms with E-state index in [1.54, 1.807) is 0 Å². The molecule has 0 aliphatic rings. The van der Waals surface area contributed by atoms with Gasteiger partial charge in [-0.05, 0) is 36.8 Å². The topological polar surface area (TPSA) is 17.8 Å². The van der Waals surface area contributed by atoms with E-state index in [-0.39, 0.29) is 0 Å². The summed E-state index contributed by atoms with van der Waals surface area (Å²) in [5, 5.41) is 0.776. The largest absolute Gasteiger partial charge is 0.336 e. The van der Waals surface area contributed by atoms with Crippen molar-refractivity contribution >= 4 is 35.1 Å². The highest BCUT2D eigenvalue weighted by molar-refractivity contribution is 8.16. The Balaban J connectivity index is 1.66. The minimum atomic E-state index is 0.404. The van der Waals surface area contributed by atoms with Crippen LogP contribution in [-0.2, 0) is 12.3 Å². The summed E-state index contributed by atoms with van der Waals surface area (Å²) >= 11 is 9.82. The number of nitrogens with zero attached hydrogens (tertiary/aromatic N) is 2. The van der Waals surface area contributed by atoms with Crippen LogP contribution in [0.2, 0.25) is 5.02 Å². The SMILES string of the molecule is Cc1ccc(CSC(Cn2ccnc2)Sc2ccc(Cl)cc2)cc1. The maximum absolute atomic E-state index is 5.99. The van der Waals surface area contributed by atoms with Gasteiger partial charge in [-0.2, -0.15) is 0 Å². The number of aromatic nitrogens is 2. The molecule has 0 saturated carbocycles. The van der Waals surface area contributed by atoms with Crippen molar-refractivity contribution in [2.24, 2.45) is 0 Å². The van der Waals surface area contributed by atoms with Crippen LogP contribution >= 0.6 is 35.1 Å². The molecule has 1 heterocycles. The lowest BCUT2D eigenvalue weighted by Gasteiger charge is -2.17. The third-order valence-corrected chi connectivity index (χ3v) is 6.48. The Morgan fingerprint density at radius 2 is 1.83 bits per heavy atom. The van der Waals surface area contributed by atoms with Crippen LogP contribution in [0.5, 0.6) is 0 Å². The van der Waals surface area contributed by atoms with Gasteiger partial charge in [-0.25, -0.2) is 4.98 Å². The van der Waals surface area contributed by atoms with Crippen molar-refractivity contribution in [2.45, 2.75) is 28.7 Å². The fourth-order valence-corrected chi connectivity index (χ4v) is 4.86. The Labute approximate surface area is 156 Å². The van der Waals surface area contributed by atoms with Gasteiger partial charge < -0.3 is 4.57 Å². The minimum absolute atomic E-state index is 0.404. The zero-order valence-corrected chi connectivity index (χ0v) is 15.8.